The van der Waals surface area contributed by atoms with Gasteiger partial charge in [-0.3, -0.25) is 5.32 Å². The molecule has 0 atom stereocenters. The van der Waals surface area contributed by atoms with Gasteiger partial charge in [-0.2, -0.15) is 5.10 Å². The van der Waals surface area contributed by atoms with Crippen molar-refractivity contribution >= 4 is 29.2 Å². The molecule has 0 aliphatic heterocycles. The monoisotopic (exact) mass is 422 g/mol. The summed E-state index contributed by atoms with van der Waals surface area (Å²) < 4.78 is 6.95. The lowest BCUT2D eigenvalue weighted by Crippen LogP contribution is -2.27. The van der Waals surface area contributed by atoms with Crippen LogP contribution in [0.5, 0.6) is 0 Å². The third kappa shape index (κ3) is 6.84. The molecular formula is C22H26N6O3. The van der Waals surface area contributed by atoms with Gasteiger partial charge < -0.3 is 15.4 Å². The van der Waals surface area contributed by atoms with E-state index in [0.29, 0.717) is 23.6 Å². The van der Waals surface area contributed by atoms with E-state index in [-0.39, 0.29) is 6.03 Å². The third-order valence-electron chi connectivity index (χ3n) is 4.12. The number of nitrogens with zero attached hydrogens (tertiary/aromatic N) is 3. The van der Waals surface area contributed by atoms with Crippen molar-refractivity contribution in [2.24, 2.45) is 0 Å². The smallest absolute Gasteiger partial charge is 0.412 e. The first kappa shape index (κ1) is 21.8. The number of carbonyl (C=O) groups is 2. The average molecular weight is 422 g/mol. The zero-order valence-corrected chi connectivity index (χ0v) is 18.0. The first-order valence-corrected chi connectivity index (χ1v) is 9.78. The van der Waals surface area contributed by atoms with Crippen molar-refractivity contribution in [2.45, 2.75) is 39.8 Å². The Morgan fingerprint density at radius 3 is 2.48 bits per heavy atom. The van der Waals surface area contributed by atoms with Gasteiger partial charge in [0.15, 0.2) is 0 Å². The molecule has 0 fully saturated rings. The minimum absolute atomic E-state index is 0.367. The zero-order valence-electron chi connectivity index (χ0n) is 18.0. The standard InChI is InChI=1S/C22H26N6O3/c1-15-10-18(26-21(30)31-22(2,3)4)8-9-19(15)27-20(29)25-17-7-5-6-16(11-17)12-28-14-23-13-24-28/h5-11,13-14H,12H2,1-4H3,(H,26,30)(H2,25,27,29). The van der Waals surface area contributed by atoms with Gasteiger partial charge in [-0.25, -0.2) is 19.3 Å². The van der Waals surface area contributed by atoms with Gasteiger partial charge in [0.2, 0.25) is 0 Å². The Balaban J connectivity index is 1.58. The topological polar surface area (TPSA) is 110 Å². The fraction of sp³-hybridized carbons (Fsp3) is 0.273. The maximum atomic E-state index is 12.4. The summed E-state index contributed by atoms with van der Waals surface area (Å²) in [6, 6.07) is 12.3. The van der Waals surface area contributed by atoms with Crippen molar-refractivity contribution in [1.82, 2.24) is 14.8 Å². The van der Waals surface area contributed by atoms with Crippen LogP contribution in [-0.2, 0) is 11.3 Å². The van der Waals surface area contributed by atoms with E-state index in [2.05, 4.69) is 26.0 Å². The summed E-state index contributed by atoms with van der Waals surface area (Å²) in [5.41, 5.74) is 3.08. The molecule has 3 N–H and O–H groups in total. The molecule has 2 aromatic carbocycles. The number of aromatic nitrogens is 3. The number of ether oxygens (including phenoxy) is 1. The normalized spacial score (nSPS) is 11.0. The lowest BCUT2D eigenvalue weighted by molar-refractivity contribution is 0.0636. The maximum Gasteiger partial charge on any atom is 0.412 e. The third-order valence-corrected chi connectivity index (χ3v) is 4.12. The maximum absolute atomic E-state index is 12.4. The number of hydrogen-bond donors (Lipinski definition) is 3. The van der Waals surface area contributed by atoms with Gasteiger partial charge in [-0.1, -0.05) is 12.1 Å². The van der Waals surface area contributed by atoms with Crippen molar-refractivity contribution in [2.75, 3.05) is 16.0 Å². The van der Waals surface area contributed by atoms with Crippen molar-refractivity contribution in [3.63, 3.8) is 0 Å². The van der Waals surface area contributed by atoms with E-state index in [1.54, 1.807) is 50.0 Å². The van der Waals surface area contributed by atoms with Crippen LogP contribution in [0, 0.1) is 6.92 Å². The molecular weight excluding hydrogens is 396 g/mol. The Morgan fingerprint density at radius 1 is 1.03 bits per heavy atom. The van der Waals surface area contributed by atoms with Crippen molar-refractivity contribution < 1.29 is 14.3 Å². The molecule has 3 rings (SSSR count). The van der Waals surface area contributed by atoms with Crippen LogP contribution >= 0.6 is 0 Å². The summed E-state index contributed by atoms with van der Waals surface area (Å²) in [5, 5.41) is 12.4. The minimum atomic E-state index is -0.578. The second-order valence-corrected chi connectivity index (χ2v) is 8.03. The number of hydrogen-bond acceptors (Lipinski definition) is 5. The Morgan fingerprint density at radius 2 is 1.81 bits per heavy atom. The lowest BCUT2D eigenvalue weighted by atomic mass is 10.1. The highest BCUT2D eigenvalue weighted by atomic mass is 16.6. The van der Waals surface area contributed by atoms with Crippen LogP contribution < -0.4 is 16.0 Å². The highest BCUT2D eigenvalue weighted by molar-refractivity contribution is 6.00. The van der Waals surface area contributed by atoms with Crippen LogP contribution in [0.4, 0.5) is 26.7 Å². The van der Waals surface area contributed by atoms with Gasteiger partial charge in [0.05, 0.1) is 6.54 Å². The molecule has 3 amide bonds. The minimum Gasteiger partial charge on any atom is -0.444 e. The first-order valence-electron chi connectivity index (χ1n) is 9.78. The summed E-state index contributed by atoms with van der Waals surface area (Å²) in [6.07, 6.45) is 2.58. The van der Waals surface area contributed by atoms with E-state index < -0.39 is 11.7 Å². The zero-order chi connectivity index (χ0) is 22.4. The van der Waals surface area contributed by atoms with Crippen LogP contribution in [0.3, 0.4) is 0 Å². The Kier molecular flexibility index (Phi) is 6.54. The van der Waals surface area contributed by atoms with E-state index in [4.69, 9.17) is 4.74 Å². The summed E-state index contributed by atoms with van der Waals surface area (Å²) in [7, 11) is 0. The van der Waals surface area contributed by atoms with Gasteiger partial charge >= 0.3 is 12.1 Å². The van der Waals surface area contributed by atoms with E-state index in [0.717, 1.165) is 11.1 Å². The van der Waals surface area contributed by atoms with Crippen molar-refractivity contribution in [3.05, 3.63) is 66.2 Å². The number of aryl methyl sites for hydroxylation is 1. The van der Waals surface area contributed by atoms with Crippen LogP contribution in [0.2, 0.25) is 0 Å². The quantitative estimate of drug-likeness (QED) is 0.555. The molecule has 1 heterocycles. The van der Waals surface area contributed by atoms with E-state index in [9.17, 15) is 9.59 Å². The second-order valence-electron chi connectivity index (χ2n) is 8.03. The Hall–Kier alpha value is -3.88. The molecule has 3 aromatic rings. The molecule has 9 heteroatoms. The molecule has 0 bridgehead atoms. The van der Waals surface area contributed by atoms with Crippen molar-refractivity contribution in [1.29, 1.82) is 0 Å². The molecule has 162 valence electrons. The van der Waals surface area contributed by atoms with Gasteiger partial charge in [-0.15, -0.1) is 0 Å². The molecule has 1 aromatic heterocycles. The Bertz CT molecular complexity index is 1060. The van der Waals surface area contributed by atoms with Gasteiger partial charge in [-0.05, 0) is 69.2 Å². The number of carbonyl (C=O) groups excluding carboxylic acids is 2. The molecule has 0 saturated heterocycles. The number of urea groups is 1. The molecule has 0 aliphatic rings. The molecule has 31 heavy (non-hydrogen) atoms. The molecule has 0 spiro atoms. The number of benzene rings is 2. The van der Waals surface area contributed by atoms with Crippen LogP contribution in [-0.4, -0.2) is 32.5 Å². The fourth-order valence-electron chi connectivity index (χ4n) is 2.84. The van der Waals surface area contributed by atoms with Crippen LogP contribution in [0.15, 0.2) is 55.1 Å². The second kappa shape index (κ2) is 9.29. The number of nitrogens with one attached hydrogen (secondary N) is 3. The van der Waals surface area contributed by atoms with Gasteiger partial charge in [0.25, 0.3) is 0 Å². The van der Waals surface area contributed by atoms with Gasteiger partial charge in [0.1, 0.15) is 18.3 Å². The summed E-state index contributed by atoms with van der Waals surface area (Å²) >= 11 is 0. The SMILES string of the molecule is Cc1cc(NC(=O)OC(C)(C)C)ccc1NC(=O)Nc1cccc(Cn2cncn2)c1. The average Bonchev–Trinajstić information content (AvgIpc) is 3.15. The predicted octanol–water partition coefficient (Wildman–Crippen LogP) is 4.63. The lowest BCUT2D eigenvalue weighted by Gasteiger charge is -2.20. The first-order chi connectivity index (χ1) is 14.7. The summed E-state index contributed by atoms with van der Waals surface area (Å²) in [6.45, 7) is 7.80. The molecule has 0 radical (unpaired) electrons. The van der Waals surface area contributed by atoms with E-state index in [1.165, 1.54) is 6.33 Å². The van der Waals surface area contributed by atoms with Crippen LogP contribution in [0.25, 0.3) is 0 Å². The largest absolute Gasteiger partial charge is 0.444 e. The van der Waals surface area contributed by atoms with Gasteiger partial charge in [0, 0.05) is 17.1 Å². The highest BCUT2D eigenvalue weighted by Gasteiger charge is 2.16. The number of amides is 3. The van der Waals surface area contributed by atoms with E-state index >= 15 is 0 Å². The predicted molar refractivity (Wildman–Crippen MR) is 119 cm³/mol. The highest BCUT2D eigenvalue weighted by Crippen LogP contribution is 2.21. The fourth-order valence-corrected chi connectivity index (χ4v) is 2.84. The molecule has 0 saturated carbocycles. The summed E-state index contributed by atoms with van der Waals surface area (Å²) in [4.78, 5) is 28.3. The molecule has 9 nitrogen and oxygen atoms in total. The molecule has 0 aliphatic carbocycles. The van der Waals surface area contributed by atoms with Crippen molar-refractivity contribution in [3.8, 4) is 0 Å². The Labute approximate surface area is 180 Å². The number of anilines is 3. The summed E-state index contributed by atoms with van der Waals surface area (Å²) in [5.74, 6) is 0. The van der Waals surface area contributed by atoms with Crippen LogP contribution in [0.1, 0.15) is 31.9 Å². The molecule has 0 unspecified atom stereocenters. The van der Waals surface area contributed by atoms with E-state index in [1.807, 2.05) is 31.2 Å². The number of rotatable bonds is 5.